The molecule has 0 saturated heterocycles. The number of aliphatic hydroxyl groups is 2. The Morgan fingerprint density at radius 2 is 0.568 bits per heavy atom. The summed E-state index contributed by atoms with van der Waals surface area (Å²) >= 11 is 0. The molecule has 0 fully saturated rings. The molecule has 3 N–H and O–H groups in total. The number of nitrogens with one attached hydrogen (secondary N) is 1. The minimum atomic E-state index is -0.662. The van der Waals surface area contributed by atoms with Gasteiger partial charge >= 0.3 is 5.97 Å². The standard InChI is InChI=1S/C82H159NO5/c1-3-5-7-9-11-13-15-17-19-21-22-23-36-39-43-46-50-54-58-62-66-70-74-80(85)79(78-84)83-81(86)75-71-67-63-59-55-51-47-44-40-37-34-32-30-28-26-24-25-27-29-31-33-35-38-41-45-49-53-57-61-65-69-73-77-88-82(87)76-72-68-64-60-56-52-48-42-20-18-16-14-12-10-8-6-4-2/h12,14,18,20,79-80,84-85H,3-11,13,15-17,19,21-78H2,1-2H3,(H,83,86)/b14-12-,20-18-. The summed E-state index contributed by atoms with van der Waals surface area (Å²) in [7, 11) is 0. The fourth-order valence-corrected chi connectivity index (χ4v) is 13.1. The Hall–Kier alpha value is -1.66. The zero-order valence-electron chi connectivity index (χ0n) is 60.0. The number of carbonyl (C=O) groups is 2. The molecule has 0 aromatic rings. The highest BCUT2D eigenvalue weighted by Crippen LogP contribution is 2.20. The molecule has 6 nitrogen and oxygen atoms in total. The molecule has 0 rings (SSSR count). The summed E-state index contributed by atoms with van der Waals surface area (Å²) in [6.45, 7) is 4.98. The molecule has 0 saturated carbocycles. The molecule has 1 amide bonds. The van der Waals surface area contributed by atoms with Gasteiger partial charge in [-0.1, -0.05) is 417 Å². The summed E-state index contributed by atoms with van der Waals surface area (Å²) < 4.78 is 5.51. The lowest BCUT2D eigenvalue weighted by Gasteiger charge is -2.22. The van der Waals surface area contributed by atoms with Crippen LogP contribution in [0.15, 0.2) is 24.3 Å². The molecule has 0 spiro atoms. The van der Waals surface area contributed by atoms with Crippen molar-refractivity contribution in [3.63, 3.8) is 0 Å². The summed E-state index contributed by atoms with van der Waals surface area (Å²) in [6, 6.07) is -0.539. The Bertz CT molecular complexity index is 1380. The molecule has 0 aliphatic rings. The van der Waals surface area contributed by atoms with Crippen molar-refractivity contribution >= 4 is 11.9 Å². The maximum Gasteiger partial charge on any atom is 0.305 e. The predicted molar refractivity (Wildman–Crippen MR) is 389 cm³/mol. The number of amides is 1. The second-order valence-corrected chi connectivity index (χ2v) is 28.1. The molecular formula is C82H159NO5. The molecular weight excluding hydrogens is 1080 g/mol. The van der Waals surface area contributed by atoms with E-state index in [4.69, 9.17) is 4.74 Å². The van der Waals surface area contributed by atoms with Gasteiger partial charge in [0.2, 0.25) is 5.91 Å². The van der Waals surface area contributed by atoms with E-state index in [1.807, 2.05) is 0 Å². The molecule has 0 aliphatic carbocycles. The van der Waals surface area contributed by atoms with Crippen molar-refractivity contribution in [1.82, 2.24) is 5.32 Å². The molecule has 88 heavy (non-hydrogen) atoms. The number of hydrogen-bond acceptors (Lipinski definition) is 5. The van der Waals surface area contributed by atoms with Gasteiger partial charge in [0.1, 0.15) is 0 Å². The first kappa shape index (κ1) is 86.3. The first-order valence-electron chi connectivity index (χ1n) is 40.6. The lowest BCUT2D eigenvalue weighted by Crippen LogP contribution is -2.45. The zero-order valence-corrected chi connectivity index (χ0v) is 60.0. The van der Waals surface area contributed by atoms with Gasteiger partial charge in [0.05, 0.1) is 25.4 Å². The minimum Gasteiger partial charge on any atom is -0.466 e. The van der Waals surface area contributed by atoms with Crippen LogP contribution < -0.4 is 5.32 Å². The van der Waals surface area contributed by atoms with Crippen LogP contribution in [0.5, 0.6) is 0 Å². The lowest BCUT2D eigenvalue weighted by atomic mass is 10.0. The highest BCUT2D eigenvalue weighted by atomic mass is 16.5. The maximum absolute atomic E-state index is 12.6. The number of carbonyl (C=O) groups excluding carboxylic acids is 2. The van der Waals surface area contributed by atoms with E-state index in [1.165, 1.54) is 379 Å². The fourth-order valence-electron chi connectivity index (χ4n) is 13.1. The SMILES string of the molecule is CCCCC/C=C\C/C=C\CCCCCCCCCC(=O)OCCCCCCCCCCCCCCCCCCCCCCCCCCCCCCCCCCC(=O)NC(CO)C(O)CCCCCCCCCCCCCCCCCCCCCCCC. The van der Waals surface area contributed by atoms with Crippen LogP contribution in [0, 0.1) is 0 Å². The Balaban J connectivity index is 3.32. The zero-order chi connectivity index (χ0) is 63.5. The molecule has 0 heterocycles. The lowest BCUT2D eigenvalue weighted by molar-refractivity contribution is -0.143. The first-order chi connectivity index (χ1) is 43.5. The van der Waals surface area contributed by atoms with Crippen molar-refractivity contribution in [2.45, 2.75) is 475 Å². The molecule has 6 heteroatoms. The number of unbranched alkanes of at least 4 members (excludes halogenated alkanes) is 62. The molecule has 0 aromatic carbocycles. The normalized spacial score (nSPS) is 12.5. The van der Waals surface area contributed by atoms with Crippen LogP contribution in [0.3, 0.4) is 0 Å². The van der Waals surface area contributed by atoms with Crippen molar-refractivity contribution in [2.24, 2.45) is 0 Å². The molecule has 2 unspecified atom stereocenters. The summed E-state index contributed by atoms with van der Waals surface area (Å²) in [5.41, 5.74) is 0. The number of rotatable bonds is 77. The van der Waals surface area contributed by atoms with Crippen molar-refractivity contribution < 1.29 is 24.5 Å². The number of aliphatic hydroxyl groups excluding tert-OH is 2. The molecule has 0 aliphatic heterocycles. The van der Waals surface area contributed by atoms with Crippen LogP contribution in [0.4, 0.5) is 0 Å². The molecule has 2 atom stereocenters. The Morgan fingerprint density at radius 3 is 0.886 bits per heavy atom. The highest BCUT2D eigenvalue weighted by Gasteiger charge is 2.20. The van der Waals surface area contributed by atoms with Crippen molar-refractivity contribution in [1.29, 1.82) is 0 Å². The third kappa shape index (κ3) is 73.4. The van der Waals surface area contributed by atoms with E-state index in [-0.39, 0.29) is 18.5 Å². The molecule has 0 bridgehead atoms. The number of allylic oxidation sites excluding steroid dienone is 4. The van der Waals surface area contributed by atoms with Crippen LogP contribution >= 0.6 is 0 Å². The van der Waals surface area contributed by atoms with E-state index in [1.54, 1.807) is 0 Å². The van der Waals surface area contributed by atoms with Crippen molar-refractivity contribution in [3.8, 4) is 0 Å². The topological polar surface area (TPSA) is 95.9 Å². The van der Waals surface area contributed by atoms with Gasteiger partial charge in [-0.15, -0.1) is 0 Å². The maximum atomic E-state index is 12.6. The number of esters is 1. The van der Waals surface area contributed by atoms with Gasteiger partial charge < -0.3 is 20.3 Å². The second kappa shape index (κ2) is 77.8. The van der Waals surface area contributed by atoms with Crippen molar-refractivity contribution in [3.05, 3.63) is 24.3 Å². The van der Waals surface area contributed by atoms with E-state index in [2.05, 4.69) is 43.5 Å². The quantitative estimate of drug-likeness (QED) is 0.0320. The minimum absolute atomic E-state index is 0.0145. The average Bonchev–Trinajstić information content (AvgIpc) is 3.58. The van der Waals surface area contributed by atoms with E-state index >= 15 is 0 Å². The van der Waals surface area contributed by atoms with E-state index in [0.29, 0.717) is 25.9 Å². The van der Waals surface area contributed by atoms with Gasteiger partial charge in [0.15, 0.2) is 0 Å². The number of hydrogen-bond donors (Lipinski definition) is 3. The summed E-state index contributed by atoms with van der Waals surface area (Å²) in [6.07, 6.45) is 99.9. The van der Waals surface area contributed by atoms with Gasteiger partial charge in [-0.05, 0) is 57.8 Å². The van der Waals surface area contributed by atoms with Gasteiger partial charge in [-0.3, -0.25) is 9.59 Å². The first-order valence-corrected chi connectivity index (χ1v) is 40.6. The van der Waals surface area contributed by atoms with E-state index in [0.717, 1.165) is 51.4 Å². The van der Waals surface area contributed by atoms with Crippen LogP contribution in [0.25, 0.3) is 0 Å². The Labute approximate surface area is 551 Å². The Morgan fingerprint density at radius 1 is 0.318 bits per heavy atom. The van der Waals surface area contributed by atoms with Crippen LogP contribution in [0.2, 0.25) is 0 Å². The average molecular weight is 1240 g/mol. The van der Waals surface area contributed by atoms with Gasteiger partial charge in [0.25, 0.3) is 0 Å². The third-order valence-corrected chi connectivity index (χ3v) is 19.3. The summed E-state index contributed by atoms with van der Waals surface area (Å²) in [5, 5.41) is 23.5. The van der Waals surface area contributed by atoms with Gasteiger partial charge in [-0.2, -0.15) is 0 Å². The van der Waals surface area contributed by atoms with Gasteiger partial charge in [0, 0.05) is 12.8 Å². The summed E-state index contributed by atoms with van der Waals surface area (Å²) in [5.74, 6) is -0.0103. The van der Waals surface area contributed by atoms with Crippen LogP contribution in [0.1, 0.15) is 463 Å². The van der Waals surface area contributed by atoms with E-state index < -0.39 is 12.1 Å². The van der Waals surface area contributed by atoms with Crippen LogP contribution in [-0.2, 0) is 14.3 Å². The smallest absolute Gasteiger partial charge is 0.305 e. The molecule has 0 aromatic heterocycles. The van der Waals surface area contributed by atoms with Gasteiger partial charge in [-0.25, -0.2) is 0 Å². The van der Waals surface area contributed by atoms with Crippen molar-refractivity contribution in [2.75, 3.05) is 13.2 Å². The summed E-state index contributed by atoms with van der Waals surface area (Å²) in [4.78, 5) is 24.7. The highest BCUT2D eigenvalue weighted by molar-refractivity contribution is 5.76. The largest absolute Gasteiger partial charge is 0.466 e. The van der Waals surface area contributed by atoms with E-state index in [9.17, 15) is 19.8 Å². The predicted octanol–water partition coefficient (Wildman–Crippen LogP) is 26.8. The fraction of sp³-hybridized carbons (Fsp3) is 0.927. The molecule has 522 valence electrons. The molecule has 0 radical (unpaired) electrons. The number of ether oxygens (including phenoxy) is 1. The van der Waals surface area contributed by atoms with Crippen LogP contribution in [-0.4, -0.2) is 47.4 Å². The monoisotopic (exact) mass is 1240 g/mol. The second-order valence-electron chi connectivity index (χ2n) is 28.1. The third-order valence-electron chi connectivity index (χ3n) is 19.3. The Kier molecular flexibility index (Phi) is 76.3.